The van der Waals surface area contributed by atoms with E-state index in [2.05, 4.69) is 9.97 Å². The maximum atomic E-state index is 14.9. The maximum Gasteiger partial charge on any atom is 0.256 e. The molecule has 0 aromatic carbocycles. The second-order valence-electron chi connectivity index (χ2n) is 7.62. The van der Waals surface area contributed by atoms with E-state index in [1.807, 2.05) is 11.8 Å². The van der Waals surface area contributed by atoms with Crippen molar-refractivity contribution in [3.05, 3.63) is 41.2 Å². The molecule has 1 N–H and O–H groups in total. The van der Waals surface area contributed by atoms with Crippen molar-refractivity contribution < 1.29 is 23.8 Å². The van der Waals surface area contributed by atoms with Crippen LogP contribution in [0.1, 0.15) is 34.1 Å². The van der Waals surface area contributed by atoms with Crippen molar-refractivity contribution in [2.24, 2.45) is 0 Å². The number of fused-ring (bicyclic) bond motifs is 1. The van der Waals surface area contributed by atoms with Crippen LogP contribution in [0.3, 0.4) is 0 Å². The zero-order chi connectivity index (χ0) is 21.4. The minimum Gasteiger partial charge on any atom is -0.486 e. The van der Waals surface area contributed by atoms with Crippen molar-refractivity contribution in [3.8, 4) is 11.6 Å². The largest absolute Gasteiger partial charge is 0.486 e. The molecule has 9 heteroatoms. The van der Waals surface area contributed by atoms with E-state index in [0.717, 1.165) is 5.56 Å². The van der Waals surface area contributed by atoms with E-state index in [1.165, 1.54) is 18.2 Å². The van der Waals surface area contributed by atoms with Crippen molar-refractivity contribution in [1.29, 1.82) is 0 Å². The van der Waals surface area contributed by atoms with E-state index in [0.29, 0.717) is 41.7 Å². The van der Waals surface area contributed by atoms with Crippen molar-refractivity contribution in [2.45, 2.75) is 31.7 Å². The molecule has 0 saturated carbocycles. The number of anilines is 1. The number of alkyl halides is 1. The van der Waals surface area contributed by atoms with E-state index in [-0.39, 0.29) is 19.1 Å². The van der Waals surface area contributed by atoms with Crippen LogP contribution < -0.4 is 14.4 Å². The molecule has 1 amide bonds. The Kier molecular flexibility index (Phi) is 5.46. The van der Waals surface area contributed by atoms with Crippen molar-refractivity contribution >= 4 is 11.7 Å². The Bertz CT molecular complexity index is 939. The van der Waals surface area contributed by atoms with Gasteiger partial charge in [-0.1, -0.05) is 0 Å². The minimum absolute atomic E-state index is 0.133. The number of pyridine rings is 2. The highest BCUT2D eigenvalue weighted by Crippen LogP contribution is 2.35. The van der Waals surface area contributed by atoms with Gasteiger partial charge in [-0.2, -0.15) is 0 Å². The van der Waals surface area contributed by atoms with Gasteiger partial charge in [-0.05, 0) is 24.6 Å². The summed E-state index contributed by atoms with van der Waals surface area (Å²) in [4.78, 5) is 24.5. The second-order valence-corrected chi connectivity index (χ2v) is 7.62. The number of aliphatic hydroxyl groups is 1. The lowest BCUT2D eigenvalue weighted by Crippen LogP contribution is -2.47. The molecule has 1 fully saturated rings. The number of carbonyl (C=O) groups excluding carboxylic acids is 1. The predicted octanol–water partition coefficient (Wildman–Crippen LogP) is 1.91. The molecular formula is C21H25FN4O4. The summed E-state index contributed by atoms with van der Waals surface area (Å²) in [5.74, 6) is 1.45. The van der Waals surface area contributed by atoms with Crippen molar-refractivity contribution in [1.82, 2.24) is 14.9 Å². The number of likely N-dealkylation sites (N-methyl/N-ethyl adjacent to an activating group) is 1. The molecule has 4 heterocycles. The number of piperidine rings is 1. The van der Waals surface area contributed by atoms with E-state index in [1.54, 1.807) is 25.2 Å². The summed E-state index contributed by atoms with van der Waals surface area (Å²) in [6.07, 6.45) is 0.206. The minimum atomic E-state index is -1.21. The summed E-state index contributed by atoms with van der Waals surface area (Å²) in [6, 6.07) is 4.69. The normalized spacial score (nSPS) is 23.5. The Morgan fingerprint density at radius 1 is 1.37 bits per heavy atom. The average Bonchev–Trinajstić information content (AvgIpc) is 2.98. The predicted molar refractivity (Wildman–Crippen MR) is 108 cm³/mol. The first kappa shape index (κ1) is 20.3. The number of aromatic nitrogens is 2. The SMILES string of the molecule is COc1ccc(O[C@@H]2CCN(c3nc4c(cc3C)C(=O)N(C)[C@@H]4CO)C[C@H]2F)cn1. The number of carbonyl (C=O) groups is 1. The Hall–Kier alpha value is -2.94. The molecule has 3 atom stereocenters. The molecule has 2 aromatic rings. The number of hydrogen-bond donors (Lipinski definition) is 1. The zero-order valence-electron chi connectivity index (χ0n) is 17.2. The van der Waals surface area contributed by atoms with Crippen LogP contribution in [-0.4, -0.2) is 72.0 Å². The molecule has 160 valence electrons. The number of amides is 1. The first-order valence-corrected chi connectivity index (χ1v) is 9.88. The van der Waals surface area contributed by atoms with Crippen LogP contribution in [-0.2, 0) is 0 Å². The standard InChI is InChI=1S/C21H25FN4O4/c1-12-8-14-19(16(11-27)25(2)21(14)28)24-20(12)26-7-6-17(15(22)10-26)30-13-4-5-18(29-3)23-9-13/h4-5,8-9,15-17,27H,6-7,10-11H2,1-3H3/t15-,16-,17-/m1/s1. The first-order chi connectivity index (χ1) is 14.4. The van der Waals surface area contributed by atoms with Crippen LogP contribution in [0.25, 0.3) is 0 Å². The smallest absolute Gasteiger partial charge is 0.256 e. The number of methoxy groups -OCH3 is 1. The van der Waals surface area contributed by atoms with E-state index in [4.69, 9.17) is 9.47 Å². The summed E-state index contributed by atoms with van der Waals surface area (Å²) in [5.41, 5.74) is 1.85. The second kappa shape index (κ2) is 8.06. The molecule has 2 aliphatic rings. The molecule has 0 aliphatic carbocycles. The summed E-state index contributed by atoms with van der Waals surface area (Å²) in [7, 11) is 3.18. The number of rotatable bonds is 5. The van der Waals surface area contributed by atoms with Gasteiger partial charge >= 0.3 is 0 Å². The van der Waals surface area contributed by atoms with E-state index >= 15 is 0 Å². The Balaban J connectivity index is 1.49. The highest BCUT2D eigenvalue weighted by atomic mass is 19.1. The fourth-order valence-corrected chi connectivity index (χ4v) is 4.03. The quantitative estimate of drug-likeness (QED) is 0.797. The molecule has 8 nitrogen and oxygen atoms in total. The molecule has 4 rings (SSSR count). The summed E-state index contributed by atoms with van der Waals surface area (Å²) < 4.78 is 25.8. The third kappa shape index (κ3) is 3.54. The lowest BCUT2D eigenvalue weighted by molar-refractivity contribution is 0.0714. The van der Waals surface area contributed by atoms with Gasteiger partial charge in [0.2, 0.25) is 5.88 Å². The topological polar surface area (TPSA) is 88.0 Å². The van der Waals surface area contributed by atoms with Crippen LogP contribution in [0, 0.1) is 6.92 Å². The number of ether oxygens (including phenoxy) is 2. The lowest BCUT2D eigenvalue weighted by atomic mass is 10.0. The van der Waals surface area contributed by atoms with Crippen LogP contribution in [0.5, 0.6) is 11.6 Å². The van der Waals surface area contributed by atoms with Gasteiger partial charge in [-0.3, -0.25) is 4.79 Å². The Morgan fingerprint density at radius 3 is 2.80 bits per heavy atom. The number of hydrogen-bond acceptors (Lipinski definition) is 7. The van der Waals surface area contributed by atoms with Gasteiger partial charge in [-0.15, -0.1) is 0 Å². The van der Waals surface area contributed by atoms with Gasteiger partial charge in [0.15, 0.2) is 6.17 Å². The molecule has 1 saturated heterocycles. The molecule has 2 aromatic heterocycles. The summed E-state index contributed by atoms with van der Waals surface area (Å²) in [6.45, 7) is 2.35. The van der Waals surface area contributed by atoms with Gasteiger partial charge in [0.1, 0.15) is 17.7 Å². The fourth-order valence-electron chi connectivity index (χ4n) is 4.03. The highest BCUT2D eigenvalue weighted by Gasteiger charge is 2.38. The monoisotopic (exact) mass is 416 g/mol. The van der Waals surface area contributed by atoms with Crippen LogP contribution in [0.15, 0.2) is 24.4 Å². The highest BCUT2D eigenvalue weighted by molar-refractivity contribution is 5.99. The number of nitrogens with zero attached hydrogens (tertiary/aromatic N) is 4. The van der Waals surface area contributed by atoms with E-state index in [9.17, 15) is 14.3 Å². The average molecular weight is 416 g/mol. The molecule has 0 bridgehead atoms. The molecule has 0 spiro atoms. The molecular weight excluding hydrogens is 391 g/mol. The van der Waals surface area contributed by atoms with Gasteiger partial charge < -0.3 is 24.4 Å². The van der Waals surface area contributed by atoms with Gasteiger partial charge in [0.25, 0.3) is 5.91 Å². The molecule has 0 radical (unpaired) electrons. The van der Waals surface area contributed by atoms with Gasteiger partial charge in [0.05, 0.1) is 43.8 Å². The number of aliphatic hydroxyl groups excluding tert-OH is 1. The van der Waals surface area contributed by atoms with Crippen LogP contribution in [0.2, 0.25) is 0 Å². The molecule has 2 aliphatic heterocycles. The Morgan fingerprint density at radius 2 is 2.17 bits per heavy atom. The molecule has 30 heavy (non-hydrogen) atoms. The van der Waals surface area contributed by atoms with Crippen LogP contribution >= 0.6 is 0 Å². The first-order valence-electron chi connectivity index (χ1n) is 9.88. The summed E-state index contributed by atoms with van der Waals surface area (Å²) in [5, 5.41) is 9.68. The third-order valence-corrected chi connectivity index (χ3v) is 5.71. The van der Waals surface area contributed by atoms with Crippen molar-refractivity contribution in [2.75, 3.05) is 38.8 Å². The number of halogens is 1. The lowest BCUT2D eigenvalue weighted by Gasteiger charge is -2.36. The van der Waals surface area contributed by atoms with Crippen molar-refractivity contribution in [3.63, 3.8) is 0 Å². The maximum absolute atomic E-state index is 14.9. The van der Waals surface area contributed by atoms with E-state index < -0.39 is 18.3 Å². The zero-order valence-corrected chi connectivity index (χ0v) is 17.2. The van der Waals surface area contributed by atoms with Gasteiger partial charge in [-0.25, -0.2) is 14.4 Å². The summed E-state index contributed by atoms with van der Waals surface area (Å²) >= 11 is 0. The Labute approximate surface area is 174 Å². The van der Waals surface area contributed by atoms with Gasteiger partial charge in [0, 0.05) is 26.1 Å². The van der Waals surface area contributed by atoms with Crippen LogP contribution in [0.4, 0.5) is 10.2 Å². The number of aryl methyl sites for hydroxylation is 1. The molecule has 0 unspecified atom stereocenters. The third-order valence-electron chi connectivity index (χ3n) is 5.71. The fraction of sp³-hybridized carbons (Fsp3) is 0.476.